The van der Waals surface area contributed by atoms with Gasteiger partial charge in [0.1, 0.15) is 0 Å². The summed E-state index contributed by atoms with van der Waals surface area (Å²) in [5.74, 6) is -0.191. The summed E-state index contributed by atoms with van der Waals surface area (Å²) in [6, 6.07) is 13.2. The number of carbonyl (C=O) groups excluding carboxylic acids is 1. The Morgan fingerprint density at radius 1 is 1.15 bits per heavy atom. The number of nitrogens with two attached hydrogens (primary N) is 1. The van der Waals surface area contributed by atoms with E-state index in [0.717, 1.165) is 11.3 Å². The molecule has 1 aromatic heterocycles. The summed E-state index contributed by atoms with van der Waals surface area (Å²) in [6.07, 6.45) is 3.39. The molecule has 0 aliphatic heterocycles. The first kappa shape index (κ1) is 14.1. The topological polar surface area (TPSA) is 65.2 Å². The van der Waals surface area contributed by atoms with E-state index in [4.69, 9.17) is 10.5 Å². The molecule has 0 bridgehead atoms. The predicted octanol–water partition coefficient (Wildman–Crippen LogP) is 2.38. The molecule has 0 amide bonds. The molecular formula is C16H18N2O2. The zero-order chi connectivity index (χ0) is 14.2. The molecule has 0 saturated heterocycles. The molecule has 2 N–H and O–H groups in total. The number of nitrogens with zero attached hydrogens (tertiary/aromatic N) is 1. The minimum Gasteiger partial charge on any atom is -0.465 e. The molecule has 1 aromatic carbocycles. The maximum atomic E-state index is 11.6. The average Bonchev–Trinajstić information content (AvgIpc) is 2.46. The van der Waals surface area contributed by atoms with E-state index >= 15 is 0 Å². The summed E-state index contributed by atoms with van der Waals surface area (Å²) < 4.78 is 5.19. The fourth-order valence-corrected chi connectivity index (χ4v) is 1.88. The Balaban J connectivity index is 1.68. The molecule has 0 radical (unpaired) electrons. The van der Waals surface area contributed by atoms with E-state index in [2.05, 4.69) is 4.98 Å². The number of hydrogen-bond acceptors (Lipinski definition) is 4. The van der Waals surface area contributed by atoms with E-state index < -0.39 is 0 Å². The standard InChI is InChI=1S/C16H18N2O2/c17-14-5-3-4-13(12-14)7-8-16(19)20-11-9-15-6-1-2-10-18-15/h1-6,10,12H,7-9,11,17H2. The van der Waals surface area contributed by atoms with Crippen LogP contribution in [-0.4, -0.2) is 17.6 Å². The molecular weight excluding hydrogens is 252 g/mol. The lowest BCUT2D eigenvalue weighted by Gasteiger charge is -2.05. The number of rotatable bonds is 6. The number of nitrogen functional groups attached to an aromatic ring is 1. The van der Waals surface area contributed by atoms with Gasteiger partial charge in [-0.05, 0) is 36.2 Å². The van der Waals surface area contributed by atoms with Crippen molar-refractivity contribution in [1.82, 2.24) is 4.98 Å². The van der Waals surface area contributed by atoms with Crippen molar-refractivity contribution in [3.8, 4) is 0 Å². The van der Waals surface area contributed by atoms with Crippen molar-refractivity contribution in [3.05, 3.63) is 59.9 Å². The van der Waals surface area contributed by atoms with Gasteiger partial charge < -0.3 is 10.5 Å². The number of pyridine rings is 1. The fourth-order valence-electron chi connectivity index (χ4n) is 1.88. The highest BCUT2D eigenvalue weighted by atomic mass is 16.5. The van der Waals surface area contributed by atoms with Crippen LogP contribution in [0.3, 0.4) is 0 Å². The quantitative estimate of drug-likeness (QED) is 0.646. The third kappa shape index (κ3) is 4.72. The summed E-state index contributed by atoms with van der Waals surface area (Å²) in [7, 11) is 0. The van der Waals surface area contributed by atoms with Crippen LogP contribution in [0, 0.1) is 0 Å². The summed E-state index contributed by atoms with van der Waals surface area (Å²) >= 11 is 0. The van der Waals surface area contributed by atoms with Crippen molar-refractivity contribution in [1.29, 1.82) is 0 Å². The number of carbonyl (C=O) groups is 1. The van der Waals surface area contributed by atoms with Crippen molar-refractivity contribution >= 4 is 11.7 Å². The summed E-state index contributed by atoms with van der Waals surface area (Å²) in [5, 5.41) is 0. The van der Waals surface area contributed by atoms with Crippen LogP contribution in [0.1, 0.15) is 17.7 Å². The molecule has 104 valence electrons. The molecule has 0 saturated carbocycles. The fraction of sp³-hybridized carbons (Fsp3) is 0.250. The van der Waals surface area contributed by atoms with Gasteiger partial charge in [-0.15, -0.1) is 0 Å². The molecule has 2 aromatic rings. The third-order valence-corrected chi connectivity index (χ3v) is 2.92. The van der Waals surface area contributed by atoms with Crippen molar-refractivity contribution in [3.63, 3.8) is 0 Å². The SMILES string of the molecule is Nc1cccc(CCC(=O)OCCc2ccccn2)c1. The van der Waals surface area contributed by atoms with Gasteiger partial charge in [0.15, 0.2) is 0 Å². The lowest BCUT2D eigenvalue weighted by atomic mass is 10.1. The average molecular weight is 270 g/mol. The van der Waals surface area contributed by atoms with Crippen molar-refractivity contribution in [2.45, 2.75) is 19.3 Å². The number of aromatic nitrogens is 1. The van der Waals surface area contributed by atoms with Gasteiger partial charge >= 0.3 is 5.97 Å². The van der Waals surface area contributed by atoms with E-state index in [1.54, 1.807) is 6.20 Å². The Morgan fingerprint density at radius 3 is 2.80 bits per heavy atom. The predicted molar refractivity (Wildman–Crippen MR) is 78.1 cm³/mol. The number of ether oxygens (including phenoxy) is 1. The normalized spacial score (nSPS) is 10.2. The second kappa shape index (κ2) is 7.28. The summed E-state index contributed by atoms with van der Waals surface area (Å²) in [6.45, 7) is 0.368. The lowest BCUT2D eigenvalue weighted by molar-refractivity contribution is -0.143. The Labute approximate surface area is 118 Å². The first-order chi connectivity index (χ1) is 9.74. The number of benzene rings is 1. The highest BCUT2D eigenvalue weighted by molar-refractivity contribution is 5.69. The third-order valence-electron chi connectivity index (χ3n) is 2.92. The van der Waals surface area contributed by atoms with Crippen molar-refractivity contribution in [2.75, 3.05) is 12.3 Å². The van der Waals surface area contributed by atoms with E-state index in [-0.39, 0.29) is 5.97 Å². The van der Waals surface area contributed by atoms with Gasteiger partial charge in [0, 0.05) is 30.4 Å². The van der Waals surface area contributed by atoms with Crippen LogP contribution >= 0.6 is 0 Å². The molecule has 2 rings (SSSR count). The zero-order valence-corrected chi connectivity index (χ0v) is 11.3. The highest BCUT2D eigenvalue weighted by Gasteiger charge is 2.04. The van der Waals surface area contributed by atoms with Gasteiger partial charge in [0.2, 0.25) is 0 Å². The number of esters is 1. The Morgan fingerprint density at radius 2 is 2.05 bits per heavy atom. The van der Waals surface area contributed by atoms with Crippen molar-refractivity contribution in [2.24, 2.45) is 0 Å². The molecule has 0 unspecified atom stereocenters. The molecule has 0 fully saturated rings. The van der Waals surface area contributed by atoms with E-state index in [9.17, 15) is 4.79 Å². The highest BCUT2D eigenvalue weighted by Crippen LogP contribution is 2.09. The first-order valence-electron chi connectivity index (χ1n) is 6.64. The van der Waals surface area contributed by atoms with Gasteiger partial charge in [-0.3, -0.25) is 9.78 Å². The maximum Gasteiger partial charge on any atom is 0.306 e. The summed E-state index contributed by atoms with van der Waals surface area (Å²) in [5.41, 5.74) is 8.38. The van der Waals surface area contributed by atoms with Crippen LogP contribution in [0.25, 0.3) is 0 Å². The lowest BCUT2D eigenvalue weighted by Crippen LogP contribution is -2.09. The molecule has 4 heteroatoms. The monoisotopic (exact) mass is 270 g/mol. The van der Waals surface area contributed by atoms with Crippen LogP contribution in [0.4, 0.5) is 5.69 Å². The smallest absolute Gasteiger partial charge is 0.306 e. The Kier molecular flexibility index (Phi) is 5.12. The summed E-state index contributed by atoms with van der Waals surface area (Å²) in [4.78, 5) is 15.8. The van der Waals surface area contributed by atoms with Crippen LogP contribution in [0.5, 0.6) is 0 Å². The van der Waals surface area contributed by atoms with Gasteiger partial charge in [-0.25, -0.2) is 0 Å². The number of anilines is 1. The van der Waals surface area contributed by atoms with Crippen LogP contribution in [0.15, 0.2) is 48.7 Å². The number of aryl methyl sites for hydroxylation is 1. The zero-order valence-electron chi connectivity index (χ0n) is 11.3. The van der Waals surface area contributed by atoms with E-state index in [0.29, 0.717) is 31.6 Å². The molecule has 0 aliphatic carbocycles. The number of hydrogen-bond donors (Lipinski definition) is 1. The van der Waals surface area contributed by atoms with Gasteiger partial charge in [-0.2, -0.15) is 0 Å². The minimum atomic E-state index is -0.191. The van der Waals surface area contributed by atoms with Crippen molar-refractivity contribution < 1.29 is 9.53 Å². The van der Waals surface area contributed by atoms with E-state index in [1.165, 1.54) is 0 Å². The molecule has 20 heavy (non-hydrogen) atoms. The van der Waals surface area contributed by atoms with Gasteiger partial charge in [-0.1, -0.05) is 18.2 Å². The Bertz CT molecular complexity index is 555. The maximum absolute atomic E-state index is 11.6. The second-order valence-electron chi connectivity index (χ2n) is 4.54. The molecule has 0 spiro atoms. The molecule has 0 aliphatic rings. The van der Waals surface area contributed by atoms with Gasteiger partial charge in [0.25, 0.3) is 0 Å². The minimum absolute atomic E-state index is 0.191. The van der Waals surface area contributed by atoms with E-state index in [1.807, 2.05) is 42.5 Å². The second-order valence-corrected chi connectivity index (χ2v) is 4.54. The molecule has 4 nitrogen and oxygen atoms in total. The Hall–Kier alpha value is -2.36. The van der Waals surface area contributed by atoms with Crippen LogP contribution in [-0.2, 0) is 22.4 Å². The van der Waals surface area contributed by atoms with Crippen LogP contribution < -0.4 is 5.73 Å². The largest absolute Gasteiger partial charge is 0.465 e. The first-order valence-corrected chi connectivity index (χ1v) is 6.64. The molecule has 0 atom stereocenters. The van der Waals surface area contributed by atoms with Crippen LogP contribution in [0.2, 0.25) is 0 Å². The molecule has 1 heterocycles. The van der Waals surface area contributed by atoms with Gasteiger partial charge in [0.05, 0.1) is 6.61 Å².